The summed E-state index contributed by atoms with van der Waals surface area (Å²) in [5, 5.41) is 0. The van der Waals surface area contributed by atoms with Gasteiger partial charge in [0.1, 0.15) is 0 Å². The van der Waals surface area contributed by atoms with Crippen LogP contribution >= 0.6 is 0 Å². The van der Waals surface area contributed by atoms with Crippen LogP contribution in [-0.2, 0) is 9.59 Å². The molecule has 1 saturated carbocycles. The number of benzene rings is 3. The molecule has 0 radical (unpaired) electrons. The lowest BCUT2D eigenvalue weighted by molar-refractivity contribution is -0.122. The molecule has 3 nitrogen and oxygen atoms in total. The third-order valence-corrected chi connectivity index (χ3v) is 7.74. The number of rotatable bonds is 3. The molecule has 0 spiro atoms. The molecule has 2 amide bonds. The number of carbonyl (C=O) groups is 2. The Bertz CT molecular complexity index is 1300. The van der Waals surface area contributed by atoms with Gasteiger partial charge in [0, 0.05) is 11.8 Å². The van der Waals surface area contributed by atoms with Crippen LogP contribution in [0.4, 0.5) is 5.69 Å². The average molecular weight is 446 g/mol. The fourth-order valence-electron chi connectivity index (χ4n) is 6.09. The summed E-state index contributed by atoms with van der Waals surface area (Å²) >= 11 is 0. The highest BCUT2D eigenvalue weighted by Crippen LogP contribution is 2.59. The molecule has 6 rings (SSSR count). The van der Waals surface area contributed by atoms with E-state index in [0.717, 1.165) is 22.3 Å². The fraction of sp³-hybridized carbons (Fsp3) is 0.226. The second kappa shape index (κ2) is 7.66. The number of anilines is 1. The minimum atomic E-state index is -0.331. The second-order valence-corrected chi connectivity index (χ2v) is 9.85. The number of hydrogen-bond donors (Lipinski definition) is 0. The number of aryl methyl sites for hydroxylation is 3. The first kappa shape index (κ1) is 20.9. The van der Waals surface area contributed by atoms with E-state index in [0.29, 0.717) is 5.69 Å². The van der Waals surface area contributed by atoms with Gasteiger partial charge in [-0.2, -0.15) is 0 Å². The first-order chi connectivity index (χ1) is 16.5. The summed E-state index contributed by atoms with van der Waals surface area (Å²) in [7, 11) is 0. The molecular weight excluding hydrogens is 418 g/mol. The van der Waals surface area contributed by atoms with Crippen molar-refractivity contribution in [3.63, 3.8) is 0 Å². The molecule has 3 aromatic carbocycles. The lowest BCUT2D eigenvalue weighted by Gasteiger charge is -2.22. The first-order valence-electron chi connectivity index (χ1n) is 12.0. The molecule has 1 saturated heterocycles. The van der Waals surface area contributed by atoms with Crippen LogP contribution in [0.5, 0.6) is 0 Å². The largest absolute Gasteiger partial charge is 0.274 e. The minimum absolute atomic E-state index is 0.0573. The SMILES string of the molecule is Cc1ccc(C(=C2[C@H]3C=C[C@H]2[C@H]2C(=O)N(c4ccccc4C)C(=O)[C@H]23)c2ccc(C)cc2)cc1. The summed E-state index contributed by atoms with van der Waals surface area (Å²) in [6, 6.07) is 24.8. The Morgan fingerprint density at radius 1 is 0.647 bits per heavy atom. The molecule has 0 aromatic heterocycles. The Hall–Kier alpha value is -3.72. The molecule has 0 unspecified atom stereocenters. The van der Waals surface area contributed by atoms with Crippen LogP contribution in [0.25, 0.3) is 5.57 Å². The normalized spacial score (nSPS) is 24.8. The van der Waals surface area contributed by atoms with Crippen molar-refractivity contribution < 1.29 is 9.59 Å². The van der Waals surface area contributed by atoms with E-state index < -0.39 is 0 Å². The molecule has 2 aliphatic carbocycles. The van der Waals surface area contributed by atoms with Crippen LogP contribution in [0, 0.1) is 44.4 Å². The first-order valence-corrected chi connectivity index (χ1v) is 12.0. The van der Waals surface area contributed by atoms with Crippen molar-refractivity contribution in [2.24, 2.45) is 23.7 Å². The molecule has 3 heteroatoms. The van der Waals surface area contributed by atoms with Crippen LogP contribution in [0.3, 0.4) is 0 Å². The number of nitrogens with zero attached hydrogens (tertiary/aromatic N) is 1. The van der Waals surface area contributed by atoms with E-state index in [9.17, 15) is 9.59 Å². The number of para-hydroxylation sites is 1. The molecule has 3 aliphatic rings. The Balaban J connectivity index is 1.50. The van der Waals surface area contributed by atoms with E-state index in [1.165, 1.54) is 21.6 Å². The summed E-state index contributed by atoms with van der Waals surface area (Å²) < 4.78 is 0. The van der Waals surface area contributed by atoms with Crippen LogP contribution in [0.15, 0.2) is 90.5 Å². The van der Waals surface area contributed by atoms with Gasteiger partial charge in [0.25, 0.3) is 0 Å². The smallest absolute Gasteiger partial charge is 0.238 e. The second-order valence-electron chi connectivity index (χ2n) is 9.85. The standard InChI is InChI=1S/C31H27NO2/c1-18-8-12-21(13-9-18)26(22-14-10-19(2)11-15-22)27-23-16-17-24(27)29-28(23)30(33)32(31(29)34)25-7-5-4-6-20(25)3/h4-17,23-24,28-29H,1-3H3/t23-,24-,28-,29+/m1/s1. The van der Waals surface area contributed by atoms with E-state index in [4.69, 9.17) is 0 Å². The van der Waals surface area contributed by atoms with Gasteiger partial charge in [0.05, 0.1) is 17.5 Å². The van der Waals surface area contributed by atoms with Gasteiger partial charge in [-0.1, -0.05) is 90.0 Å². The maximum Gasteiger partial charge on any atom is 0.238 e. The summed E-state index contributed by atoms with van der Waals surface area (Å²) in [6.07, 6.45) is 4.33. The number of fused-ring (bicyclic) bond motifs is 5. The van der Waals surface area contributed by atoms with Crippen molar-refractivity contribution in [1.82, 2.24) is 0 Å². The predicted molar refractivity (Wildman–Crippen MR) is 135 cm³/mol. The van der Waals surface area contributed by atoms with Gasteiger partial charge in [-0.3, -0.25) is 9.59 Å². The monoisotopic (exact) mass is 445 g/mol. The van der Waals surface area contributed by atoms with Crippen LogP contribution < -0.4 is 4.90 Å². The topological polar surface area (TPSA) is 37.4 Å². The Labute approximate surface area is 200 Å². The highest BCUT2D eigenvalue weighted by atomic mass is 16.2. The van der Waals surface area contributed by atoms with Crippen molar-refractivity contribution >= 4 is 23.1 Å². The maximum absolute atomic E-state index is 13.7. The number of allylic oxidation sites excluding steroid dienone is 3. The third kappa shape index (κ3) is 2.96. The molecule has 1 aliphatic heterocycles. The fourth-order valence-corrected chi connectivity index (χ4v) is 6.09. The molecule has 2 fully saturated rings. The highest BCUT2D eigenvalue weighted by Gasteiger charge is 2.62. The predicted octanol–water partition coefficient (Wildman–Crippen LogP) is 6.04. The highest BCUT2D eigenvalue weighted by molar-refractivity contribution is 6.23. The zero-order valence-electron chi connectivity index (χ0n) is 19.7. The Morgan fingerprint density at radius 3 is 1.59 bits per heavy atom. The summed E-state index contributed by atoms with van der Waals surface area (Å²) in [5.41, 5.74) is 8.74. The van der Waals surface area contributed by atoms with Gasteiger partial charge >= 0.3 is 0 Å². The Kier molecular flexibility index (Phi) is 4.70. The minimum Gasteiger partial charge on any atom is -0.274 e. The Morgan fingerprint density at radius 2 is 1.12 bits per heavy atom. The third-order valence-electron chi connectivity index (χ3n) is 7.74. The summed E-state index contributed by atoms with van der Waals surface area (Å²) in [5.74, 6) is -0.904. The molecule has 1 heterocycles. The number of hydrogen-bond acceptors (Lipinski definition) is 2. The molecule has 34 heavy (non-hydrogen) atoms. The van der Waals surface area contributed by atoms with Gasteiger partial charge in [-0.25, -0.2) is 4.90 Å². The van der Waals surface area contributed by atoms with Crippen molar-refractivity contribution in [1.29, 1.82) is 0 Å². The molecule has 2 bridgehead atoms. The lowest BCUT2D eigenvalue weighted by Crippen LogP contribution is -2.33. The van der Waals surface area contributed by atoms with E-state index >= 15 is 0 Å². The molecule has 0 N–H and O–H groups in total. The van der Waals surface area contributed by atoms with Crippen molar-refractivity contribution in [2.75, 3.05) is 4.90 Å². The number of imide groups is 1. The van der Waals surface area contributed by atoms with E-state index in [2.05, 4.69) is 74.5 Å². The quantitative estimate of drug-likeness (QED) is 0.364. The molecule has 3 aromatic rings. The molecular formula is C31H27NO2. The van der Waals surface area contributed by atoms with Crippen LogP contribution in [0.1, 0.15) is 27.8 Å². The number of amides is 2. The number of carbonyl (C=O) groups excluding carboxylic acids is 2. The average Bonchev–Trinajstić information content (AvgIpc) is 3.46. The zero-order valence-corrected chi connectivity index (χ0v) is 19.7. The van der Waals surface area contributed by atoms with Gasteiger partial charge < -0.3 is 0 Å². The van der Waals surface area contributed by atoms with Gasteiger partial charge in [-0.05, 0) is 54.7 Å². The van der Waals surface area contributed by atoms with E-state index in [1.54, 1.807) is 0 Å². The summed E-state index contributed by atoms with van der Waals surface area (Å²) in [6.45, 7) is 6.13. The van der Waals surface area contributed by atoms with Gasteiger partial charge in [-0.15, -0.1) is 0 Å². The van der Waals surface area contributed by atoms with E-state index in [-0.39, 0.29) is 35.5 Å². The summed E-state index contributed by atoms with van der Waals surface area (Å²) in [4.78, 5) is 28.9. The van der Waals surface area contributed by atoms with E-state index in [1.807, 2.05) is 31.2 Å². The van der Waals surface area contributed by atoms with Gasteiger partial charge in [0.15, 0.2) is 0 Å². The van der Waals surface area contributed by atoms with Gasteiger partial charge in [0.2, 0.25) is 11.8 Å². The lowest BCUT2D eigenvalue weighted by atomic mass is 9.85. The van der Waals surface area contributed by atoms with Crippen molar-refractivity contribution in [2.45, 2.75) is 20.8 Å². The molecule has 168 valence electrons. The van der Waals surface area contributed by atoms with Crippen molar-refractivity contribution in [3.05, 3.63) is 118 Å². The van der Waals surface area contributed by atoms with Crippen molar-refractivity contribution in [3.8, 4) is 0 Å². The zero-order chi connectivity index (χ0) is 23.6. The molecule has 4 atom stereocenters. The van der Waals surface area contributed by atoms with Crippen LogP contribution in [-0.4, -0.2) is 11.8 Å². The van der Waals surface area contributed by atoms with Crippen LogP contribution in [0.2, 0.25) is 0 Å². The maximum atomic E-state index is 13.7.